The summed E-state index contributed by atoms with van der Waals surface area (Å²) < 4.78 is 6.08. The van der Waals surface area contributed by atoms with E-state index in [2.05, 4.69) is 15.6 Å². The minimum Gasteiger partial charge on any atom is -0.379 e. The molecule has 6 heteroatoms. The first-order valence-electron chi connectivity index (χ1n) is 8.08. The Morgan fingerprint density at radius 3 is 3.09 bits per heavy atom. The van der Waals surface area contributed by atoms with Crippen LogP contribution in [0.4, 0.5) is 10.5 Å². The number of carbonyl (C=O) groups excluding carboxylic acids is 1. The van der Waals surface area contributed by atoms with Crippen molar-refractivity contribution >= 4 is 11.7 Å². The number of pyridine rings is 1. The van der Waals surface area contributed by atoms with Gasteiger partial charge in [0.2, 0.25) is 0 Å². The first-order valence-corrected chi connectivity index (χ1v) is 8.08. The van der Waals surface area contributed by atoms with E-state index in [4.69, 9.17) is 4.74 Å². The summed E-state index contributed by atoms with van der Waals surface area (Å²) in [5, 5.41) is 6.53. The second-order valence-corrected chi connectivity index (χ2v) is 6.68. The molecular formula is C16H22N4O2. The molecule has 1 aromatic rings. The number of carbonyl (C=O) groups is 1. The Labute approximate surface area is 130 Å². The molecule has 2 aliphatic heterocycles. The number of aromatic nitrogens is 1. The standard InChI is InChI=1S/C16H22N4O2/c21-15(19-12-3-4-12)20-7-5-16(11-20)8-14(10-22-16)18-13-2-1-6-17-9-13/h1-2,6,9,12,14,18H,3-5,7-8,10-11H2,(H,19,21). The third-order valence-electron chi connectivity index (χ3n) is 4.75. The van der Waals surface area contributed by atoms with Gasteiger partial charge in [0.05, 0.1) is 30.5 Å². The predicted molar refractivity (Wildman–Crippen MR) is 82.7 cm³/mol. The number of anilines is 1. The lowest BCUT2D eigenvalue weighted by Crippen LogP contribution is -2.42. The van der Waals surface area contributed by atoms with Crippen LogP contribution in [-0.4, -0.2) is 53.3 Å². The first kappa shape index (κ1) is 13.8. The van der Waals surface area contributed by atoms with Crippen molar-refractivity contribution in [1.82, 2.24) is 15.2 Å². The number of rotatable bonds is 3. The molecule has 1 spiro atoms. The summed E-state index contributed by atoms with van der Waals surface area (Å²) in [6.07, 6.45) is 7.71. The van der Waals surface area contributed by atoms with Crippen molar-refractivity contribution in [2.45, 2.75) is 43.4 Å². The van der Waals surface area contributed by atoms with Crippen LogP contribution < -0.4 is 10.6 Å². The van der Waals surface area contributed by atoms with Gasteiger partial charge in [0.25, 0.3) is 0 Å². The summed E-state index contributed by atoms with van der Waals surface area (Å²) in [4.78, 5) is 18.2. The van der Waals surface area contributed by atoms with E-state index >= 15 is 0 Å². The summed E-state index contributed by atoms with van der Waals surface area (Å²) in [6, 6.07) is 4.71. The van der Waals surface area contributed by atoms with Crippen LogP contribution in [-0.2, 0) is 4.74 Å². The lowest BCUT2D eigenvalue weighted by Gasteiger charge is -2.23. The number of nitrogens with zero attached hydrogens (tertiary/aromatic N) is 2. The molecule has 4 rings (SSSR count). The van der Waals surface area contributed by atoms with Gasteiger partial charge in [-0.15, -0.1) is 0 Å². The molecule has 2 unspecified atom stereocenters. The number of hydrogen-bond donors (Lipinski definition) is 2. The van der Waals surface area contributed by atoms with Gasteiger partial charge in [-0.2, -0.15) is 0 Å². The van der Waals surface area contributed by atoms with E-state index in [1.54, 1.807) is 6.20 Å². The van der Waals surface area contributed by atoms with Crippen LogP contribution in [0.3, 0.4) is 0 Å². The molecule has 1 aromatic heterocycles. The number of ether oxygens (including phenoxy) is 1. The zero-order valence-electron chi connectivity index (χ0n) is 12.6. The minimum atomic E-state index is -0.166. The van der Waals surface area contributed by atoms with Crippen LogP contribution in [0.25, 0.3) is 0 Å². The quantitative estimate of drug-likeness (QED) is 0.890. The van der Waals surface area contributed by atoms with E-state index in [-0.39, 0.29) is 17.7 Å². The molecule has 3 fully saturated rings. The highest BCUT2D eigenvalue weighted by Gasteiger charge is 2.47. The molecule has 1 saturated carbocycles. The highest BCUT2D eigenvalue weighted by atomic mass is 16.5. The van der Waals surface area contributed by atoms with Gasteiger partial charge in [-0.25, -0.2) is 4.79 Å². The molecular weight excluding hydrogens is 280 g/mol. The molecule has 1 aliphatic carbocycles. The van der Waals surface area contributed by atoms with Gasteiger partial charge >= 0.3 is 6.03 Å². The second kappa shape index (κ2) is 5.43. The van der Waals surface area contributed by atoms with E-state index in [0.29, 0.717) is 19.2 Å². The van der Waals surface area contributed by atoms with Crippen molar-refractivity contribution in [3.8, 4) is 0 Å². The fourth-order valence-corrected chi connectivity index (χ4v) is 3.42. The number of likely N-dealkylation sites (tertiary alicyclic amines) is 1. The van der Waals surface area contributed by atoms with Gasteiger partial charge < -0.3 is 20.3 Å². The largest absolute Gasteiger partial charge is 0.379 e. The maximum atomic E-state index is 12.1. The van der Waals surface area contributed by atoms with E-state index in [0.717, 1.165) is 37.9 Å². The summed E-state index contributed by atoms with van der Waals surface area (Å²) in [5.41, 5.74) is 0.857. The monoisotopic (exact) mass is 302 g/mol. The maximum Gasteiger partial charge on any atom is 0.317 e. The van der Waals surface area contributed by atoms with E-state index in [9.17, 15) is 4.79 Å². The van der Waals surface area contributed by atoms with Crippen molar-refractivity contribution in [3.63, 3.8) is 0 Å². The second-order valence-electron chi connectivity index (χ2n) is 6.68. The third-order valence-corrected chi connectivity index (χ3v) is 4.75. The van der Waals surface area contributed by atoms with Gasteiger partial charge in [-0.05, 0) is 31.4 Å². The first-order chi connectivity index (χ1) is 10.7. The van der Waals surface area contributed by atoms with Crippen molar-refractivity contribution < 1.29 is 9.53 Å². The lowest BCUT2D eigenvalue weighted by molar-refractivity contribution is 0.0150. The molecule has 3 aliphatic rings. The zero-order valence-corrected chi connectivity index (χ0v) is 12.6. The molecule has 2 atom stereocenters. The maximum absolute atomic E-state index is 12.1. The number of hydrogen-bond acceptors (Lipinski definition) is 4. The molecule has 6 nitrogen and oxygen atoms in total. The fraction of sp³-hybridized carbons (Fsp3) is 0.625. The Morgan fingerprint density at radius 1 is 1.41 bits per heavy atom. The van der Waals surface area contributed by atoms with Crippen molar-refractivity contribution in [2.75, 3.05) is 25.0 Å². The van der Waals surface area contributed by atoms with Crippen LogP contribution in [0.15, 0.2) is 24.5 Å². The smallest absolute Gasteiger partial charge is 0.317 e. The number of nitrogens with one attached hydrogen (secondary N) is 2. The molecule has 2 saturated heterocycles. The summed E-state index contributed by atoms with van der Waals surface area (Å²) >= 11 is 0. The van der Waals surface area contributed by atoms with Crippen molar-refractivity contribution in [3.05, 3.63) is 24.5 Å². The van der Waals surface area contributed by atoms with Crippen LogP contribution in [0.5, 0.6) is 0 Å². The van der Waals surface area contributed by atoms with Crippen LogP contribution >= 0.6 is 0 Å². The van der Waals surface area contributed by atoms with E-state index in [1.165, 1.54) is 0 Å². The molecule has 3 heterocycles. The summed E-state index contributed by atoms with van der Waals surface area (Å²) in [7, 11) is 0. The average Bonchev–Trinajstić information content (AvgIpc) is 3.11. The molecule has 0 aromatic carbocycles. The topological polar surface area (TPSA) is 66.5 Å². The van der Waals surface area contributed by atoms with Gasteiger partial charge in [0.1, 0.15) is 0 Å². The van der Waals surface area contributed by atoms with Crippen LogP contribution in [0, 0.1) is 0 Å². The minimum absolute atomic E-state index is 0.0756. The Morgan fingerprint density at radius 2 is 2.32 bits per heavy atom. The van der Waals surface area contributed by atoms with Crippen LogP contribution in [0.2, 0.25) is 0 Å². The number of amides is 2. The van der Waals surface area contributed by atoms with Gasteiger partial charge in [0.15, 0.2) is 0 Å². The summed E-state index contributed by atoms with van der Waals surface area (Å²) in [5.74, 6) is 0. The molecule has 0 radical (unpaired) electrons. The van der Waals surface area contributed by atoms with Gasteiger partial charge in [-0.3, -0.25) is 4.98 Å². The van der Waals surface area contributed by atoms with Crippen LogP contribution in [0.1, 0.15) is 25.7 Å². The molecule has 118 valence electrons. The Kier molecular flexibility index (Phi) is 3.41. The third kappa shape index (κ3) is 2.88. The molecule has 2 amide bonds. The predicted octanol–water partition coefficient (Wildman–Crippen LogP) is 1.60. The summed E-state index contributed by atoms with van der Waals surface area (Å²) in [6.45, 7) is 2.18. The molecule has 22 heavy (non-hydrogen) atoms. The van der Waals surface area contributed by atoms with Gasteiger partial charge in [-0.1, -0.05) is 0 Å². The highest BCUT2D eigenvalue weighted by molar-refractivity contribution is 5.75. The van der Waals surface area contributed by atoms with Gasteiger partial charge in [0, 0.05) is 31.4 Å². The highest BCUT2D eigenvalue weighted by Crippen LogP contribution is 2.36. The van der Waals surface area contributed by atoms with Crippen molar-refractivity contribution in [1.29, 1.82) is 0 Å². The zero-order chi connectivity index (χ0) is 15.0. The Balaban J connectivity index is 1.33. The average molecular weight is 302 g/mol. The lowest BCUT2D eigenvalue weighted by atomic mass is 9.97. The van der Waals surface area contributed by atoms with E-state index in [1.807, 2.05) is 23.2 Å². The molecule has 0 bridgehead atoms. The fourth-order valence-electron chi connectivity index (χ4n) is 3.42. The number of urea groups is 1. The normalized spacial score (nSPS) is 30.7. The molecule has 2 N–H and O–H groups in total. The van der Waals surface area contributed by atoms with Crippen molar-refractivity contribution in [2.24, 2.45) is 0 Å². The SMILES string of the molecule is O=C(NC1CC1)N1CCC2(CC(Nc3cccnc3)CO2)C1. The Hall–Kier alpha value is -1.82. The van der Waals surface area contributed by atoms with E-state index < -0.39 is 0 Å². The Bertz CT molecular complexity index is 548.